The van der Waals surface area contributed by atoms with Gasteiger partial charge in [0, 0.05) is 5.69 Å². The van der Waals surface area contributed by atoms with Crippen LogP contribution in [0.4, 0.5) is 27.5 Å². The molecule has 3 aromatic rings. The Morgan fingerprint density at radius 2 is 2.00 bits per heavy atom. The molecular weight excluding hydrogens is 337 g/mol. The Morgan fingerprint density at radius 3 is 2.81 bits per heavy atom. The Morgan fingerprint density at radius 1 is 1.15 bits per heavy atom. The molecule has 0 radical (unpaired) electrons. The minimum atomic E-state index is -0.435. The van der Waals surface area contributed by atoms with Gasteiger partial charge in [-0.2, -0.15) is 10.1 Å². The predicted molar refractivity (Wildman–Crippen MR) is 95.2 cm³/mol. The van der Waals surface area contributed by atoms with Crippen LogP contribution < -0.4 is 10.6 Å². The number of hydrogen-bond donors (Lipinski definition) is 2. The third-order valence-corrected chi connectivity index (χ3v) is 3.32. The summed E-state index contributed by atoms with van der Waals surface area (Å²) in [6.07, 6.45) is 1.42. The van der Waals surface area contributed by atoms with E-state index in [0.717, 1.165) is 0 Å². The molecule has 0 saturated heterocycles. The van der Waals surface area contributed by atoms with Crippen molar-refractivity contribution >= 4 is 29.1 Å². The molecule has 1 aromatic heterocycles. The molecule has 0 amide bonds. The smallest absolute Gasteiger partial charge is 0.340 e. The first-order valence-corrected chi connectivity index (χ1v) is 7.91. The lowest BCUT2D eigenvalue weighted by molar-refractivity contribution is 0.0527. The number of carbonyl (C=O) groups is 1. The number of benzene rings is 2. The van der Waals surface area contributed by atoms with Crippen LogP contribution in [0.15, 0.2) is 54.7 Å². The van der Waals surface area contributed by atoms with Gasteiger partial charge in [-0.3, -0.25) is 0 Å². The van der Waals surface area contributed by atoms with E-state index in [4.69, 9.17) is 4.74 Å². The molecular formula is C18H16FN5O2. The Hall–Kier alpha value is -3.55. The van der Waals surface area contributed by atoms with Gasteiger partial charge in [0.05, 0.1) is 24.1 Å². The SMILES string of the molecule is CCOC(=O)c1ccccc1Nc1cnnc(Nc2cccc(F)c2)n1. The summed E-state index contributed by atoms with van der Waals surface area (Å²) >= 11 is 0. The Kier molecular flexibility index (Phi) is 5.33. The van der Waals surface area contributed by atoms with E-state index >= 15 is 0 Å². The van der Waals surface area contributed by atoms with Crippen LogP contribution in [0.5, 0.6) is 0 Å². The molecule has 132 valence electrons. The van der Waals surface area contributed by atoms with Crippen LogP contribution in [0.25, 0.3) is 0 Å². The number of esters is 1. The third kappa shape index (κ3) is 4.29. The van der Waals surface area contributed by atoms with Gasteiger partial charge in [0.15, 0.2) is 5.82 Å². The molecule has 1 heterocycles. The monoisotopic (exact) mass is 353 g/mol. The van der Waals surface area contributed by atoms with Crippen LogP contribution >= 0.6 is 0 Å². The first-order valence-electron chi connectivity index (χ1n) is 7.91. The fourth-order valence-corrected chi connectivity index (χ4v) is 2.23. The second-order valence-electron chi connectivity index (χ2n) is 5.19. The van der Waals surface area contributed by atoms with E-state index in [-0.39, 0.29) is 18.4 Å². The Labute approximate surface area is 149 Å². The normalized spacial score (nSPS) is 10.2. The highest BCUT2D eigenvalue weighted by molar-refractivity contribution is 5.96. The van der Waals surface area contributed by atoms with E-state index in [9.17, 15) is 9.18 Å². The number of para-hydroxylation sites is 1. The summed E-state index contributed by atoms with van der Waals surface area (Å²) in [4.78, 5) is 16.3. The zero-order valence-corrected chi connectivity index (χ0v) is 13.9. The minimum Gasteiger partial charge on any atom is -0.462 e. The molecule has 0 atom stereocenters. The van der Waals surface area contributed by atoms with E-state index in [1.54, 1.807) is 43.3 Å². The van der Waals surface area contributed by atoms with Gasteiger partial charge in [-0.15, -0.1) is 5.10 Å². The molecule has 0 unspecified atom stereocenters. The highest BCUT2D eigenvalue weighted by Crippen LogP contribution is 2.21. The molecule has 0 bridgehead atoms. The molecule has 0 fully saturated rings. The number of halogens is 1. The molecule has 0 aliphatic rings. The number of carbonyl (C=O) groups excluding carboxylic acids is 1. The first-order chi connectivity index (χ1) is 12.7. The predicted octanol–water partition coefficient (Wildman–Crippen LogP) is 3.67. The van der Waals surface area contributed by atoms with Crippen LogP contribution in [0, 0.1) is 5.82 Å². The third-order valence-electron chi connectivity index (χ3n) is 3.32. The molecule has 0 aliphatic carbocycles. The molecule has 2 aromatic carbocycles. The van der Waals surface area contributed by atoms with Crippen molar-refractivity contribution in [2.75, 3.05) is 17.2 Å². The highest BCUT2D eigenvalue weighted by Gasteiger charge is 2.12. The number of anilines is 4. The van der Waals surface area contributed by atoms with E-state index < -0.39 is 5.97 Å². The lowest BCUT2D eigenvalue weighted by Gasteiger charge is -2.11. The average Bonchev–Trinajstić information content (AvgIpc) is 2.63. The fraction of sp³-hybridized carbons (Fsp3) is 0.111. The van der Waals surface area contributed by atoms with Crippen molar-refractivity contribution in [3.05, 3.63) is 66.1 Å². The highest BCUT2D eigenvalue weighted by atomic mass is 19.1. The maximum atomic E-state index is 13.3. The number of hydrogen-bond acceptors (Lipinski definition) is 7. The van der Waals surface area contributed by atoms with Crippen LogP contribution in [-0.4, -0.2) is 27.8 Å². The number of ether oxygens (including phenoxy) is 1. The summed E-state index contributed by atoms with van der Waals surface area (Å²) in [5.41, 5.74) is 1.41. The van der Waals surface area contributed by atoms with Crippen molar-refractivity contribution in [3.63, 3.8) is 0 Å². The van der Waals surface area contributed by atoms with Crippen molar-refractivity contribution in [1.82, 2.24) is 15.2 Å². The molecule has 8 heteroatoms. The van der Waals surface area contributed by atoms with E-state index in [0.29, 0.717) is 22.8 Å². The zero-order valence-electron chi connectivity index (χ0n) is 13.9. The van der Waals surface area contributed by atoms with Crippen LogP contribution in [0.2, 0.25) is 0 Å². The molecule has 0 spiro atoms. The molecule has 3 rings (SSSR count). The topological polar surface area (TPSA) is 89.0 Å². The van der Waals surface area contributed by atoms with Gasteiger partial charge in [0.2, 0.25) is 5.95 Å². The van der Waals surface area contributed by atoms with E-state index in [1.165, 1.54) is 18.3 Å². The number of aromatic nitrogens is 3. The second-order valence-corrected chi connectivity index (χ2v) is 5.19. The van der Waals surface area contributed by atoms with Gasteiger partial charge in [-0.1, -0.05) is 18.2 Å². The average molecular weight is 353 g/mol. The van der Waals surface area contributed by atoms with E-state index in [1.807, 2.05) is 0 Å². The number of rotatable bonds is 6. The van der Waals surface area contributed by atoms with Crippen LogP contribution in [0.3, 0.4) is 0 Å². The summed E-state index contributed by atoms with van der Waals surface area (Å²) < 4.78 is 18.3. The standard InChI is InChI=1S/C18H16FN5O2/c1-2-26-17(25)14-8-3-4-9-15(14)22-16-11-20-24-18(23-16)21-13-7-5-6-12(19)10-13/h3-11H,2H2,1H3,(H2,21,22,23,24). The quantitative estimate of drug-likeness (QED) is 0.654. The van der Waals surface area contributed by atoms with Crippen molar-refractivity contribution in [3.8, 4) is 0 Å². The van der Waals surface area contributed by atoms with Crippen molar-refractivity contribution in [2.45, 2.75) is 6.92 Å². The van der Waals surface area contributed by atoms with Crippen molar-refractivity contribution < 1.29 is 13.9 Å². The summed E-state index contributed by atoms with van der Waals surface area (Å²) in [5.74, 6) is -0.249. The summed E-state index contributed by atoms with van der Waals surface area (Å²) in [6.45, 7) is 2.02. The summed E-state index contributed by atoms with van der Waals surface area (Å²) in [7, 11) is 0. The minimum absolute atomic E-state index is 0.189. The molecule has 0 aliphatic heterocycles. The molecule has 7 nitrogen and oxygen atoms in total. The van der Waals surface area contributed by atoms with Crippen LogP contribution in [-0.2, 0) is 4.74 Å². The maximum Gasteiger partial charge on any atom is 0.340 e. The van der Waals surface area contributed by atoms with Crippen LogP contribution in [0.1, 0.15) is 17.3 Å². The lowest BCUT2D eigenvalue weighted by atomic mass is 10.2. The Bertz CT molecular complexity index is 919. The number of nitrogens with one attached hydrogen (secondary N) is 2. The zero-order chi connectivity index (χ0) is 18.4. The van der Waals surface area contributed by atoms with Gasteiger partial charge >= 0.3 is 5.97 Å². The number of nitrogens with zero attached hydrogens (tertiary/aromatic N) is 3. The van der Waals surface area contributed by atoms with Gasteiger partial charge in [-0.05, 0) is 37.3 Å². The molecule has 2 N–H and O–H groups in total. The largest absolute Gasteiger partial charge is 0.462 e. The fourth-order valence-electron chi connectivity index (χ4n) is 2.23. The summed E-state index contributed by atoms with van der Waals surface area (Å²) in [5, 5.41) is 13.6. The first kappa shape index (κ1) is 17.3. The maximum absolute atomic E-state index is 13.3. The molecule has 26 heavy (non-hydrogen) atoms. The Balaban J connectivity index is 1.80. The lowest BCUT2D eigenvalue weighted by Crippen LogP contribution is -2.09. The van der Waals surface area contributed by atoms with E-state index in [2.05, 4.69) is 25.8 Å². The summed E-state index contributed by atoms with van der Waals surface area (Å²) in [6, 6.07) is 12.8. The van der Waals surface area contributed by atoms with Gasteiger partial charge in [-0.25, -0.2) is 9.18 Å². The second kappa shape index (κ2) is 8.02. The molecule has 0 saturated carbocycles. The van der Waals surface area contributed by atoms with Gasteiger partial charge in [0.1, 0.15) is 5.82 Å². The van der Waals surface area contributed by atoms with Gasteiger partial charge in [0.25, 0.3) is 0 Å². The van der Waals surface area contributed by atoms with Gasteiger partial charge < -0.3 is 15.4 Å². The van der Waals surface area contributed by atoms with Crippen molar-refractivity contribution in [2.24, 2.45) is 0 Å². The van der Waals surface area contributed by atoms with Crippen molar-refractivity contribution in [1.29, 1.82) is 0 Å².